The fourth-order valence-corrected chi connectivity index (χ4v) is 1.88. The van der Waals surface area contributed by atoms with Crippen LogP contribution in [0.1, 0.15) is 6.42 Å². The smallest absolute Gasteiger partial charge is 0.288 e. The quantitative estimate of drug-likeness (QED) is 0.656. The van der Waals surface area contributed by atoms with Gasteiger partial charge < -0.3 is 10.6 Å². The Kier molecular flexibility index (Phi) is 4.63. The third kappa shape index (κ3) is 3.14. The third-order valence-electron chi connectivity index (χ3n) is 2.08. The maximum Gasteiger partial charge on any atom is 0.288 e. The van der Waals surface area contributed by atoms with Gasteiger partial charge in [-0.2, -0.15) is 0 Å². The summed E-state index contributed by atoms with van der Waals surface area (Å²) in [6.45, 7) is 1.37. The first-order chi connectivity index (χ1) is 7.56. The van der Waals surface area contributed by atoms with E-state index in [2.05, 4.69) is 20.9 Å². The molecule has 0 radical (unpaired) electrons. The van der Waals surface area contributed by atoms with Gasteiger partial charge >= 0.3 is 0 Å². The van der Waals surface area contributed by atoms with E-state index in [1.54, 1.807) is 0 Å². The van der Waals surface area contributed by atoms with E-state index in [1.807, 2.05) is 11.9 Å². The highest BCUT2D eigenvalue weighted by atomic mass is 79.9. The average molecular weight is 289 g/mol. The largest absolute Gasteiger partial charge is 0.359 e. The molecule has 0 fully saturated rings. The number of rotatable bonds is 5. The van der Waals surface area contributed by atoms with Gasteiger partial charge in [0, 0.05) is 19.7 Å². The Morgan fingerprint density at radius 2 is 2.38 bits per heavy atom. The molecule has 0 aliphatic carbocycles. The summed E-state index contributed by atoms with van der Waals surface area (Å²) < 4.78 is 0.612. The van der Waals surface area contributed by atoms with Crippen LogP contribution in [0.2, 0.25) is 0 Å². The Labute approximate surface area is 102 Å². The van der Waals surface area contributed by atoms with Crippen molar-refractivity contribution in [2.45, 2.75) is 6.42 Å². The van der Waals surface area contributed by atoms with Gasteiger partial charge in [0.25, 0.3) is 5.69 Å². The lowest BCUT2D eigenvalue weighted by atomic mass is 10.3. The molecule has 0 aliphatic heterocycles. The highest BCUT2D eigenvalue weighted by Gasteiger charge is 2.12. The van der Waals surface area contributed by atoms with E-state index in [1.165, 1.54) is 12.3 Å². The third-order valence-corrected chi connectivity index (χ3v) is 2.66. The maximum absolute atomic E-state index is 10.5. The number of halogens is 1. The maximum atomic E-state index is 10.5. The Balaban J connectivity index is 2.85. The van der Waals surface area contributed by atoms with Crippen LogP contribution in [-0.4, -0.2) is 30.0 Å². The summed E-state index contributed by atoms with van der Waals surface area (Å²) in [7, 11) is 1.87. The molecule has 16 heavy (non-hydrogen) atoms. The predicted molar refractivity (Wildman–Crippen MR) is 65.5 cm³/mol. The first-order valence-corrected chi connectivity index (χ1v) is 5.56. The zero-order valence-electron chi connectivity index (χ0n) is 8.89. The molecule has 7 heteroatoms. The molecule has 0 saturated heterocycles. The highest BCUT2D eigenvalue weighted by molar-refractivity contribution is 9.10. The number of anilines is 1. The Bertz CT molecular complexity index is 386. The van der Waals surface area contributed by atoms with Crippen molar-refractivity contribution in [3.05, 3.63) is 26.9 Å². The molecule has 6 nitrogen and oxygen atoms in total. The van der Waals surface area contributed by atoms with Gasteiger partial charge in [-0.05, 0) is 28.9 Å². The first-order valence-electron chi connectivity index (χ1n) is 4.77. The lowest BCUT2D eigenvalue weighted by Gasteiger charge is -2.18. The van der Waals surface area contributed by atoms with Crippen molar-refractivity contribution in [2.24, 2.45) is 5.73 Å². The monoisotopic (exact) mass is 288 g/mol. The van der Waals surface area contributed by atoms with Gasteiger partial charge in [0.1, 0.15) is 12.0 Å². The minimum atomic E-state index is -0.471. The minimum absolute atomic E-state index is 0.0251. The van der Waals surface area contributed by atoms with Crippen LogP contribution >= 0.6 is 15.9 Å². The van der Waals surface area contributed by atoms with Crippen LogP contribution in [0, 0.1) is 10.1 Å². The van der Waals surface area contributed by atoms with Crippen molar-refractivity contribution in [3.8, 4) is 0 Å². The second-order valence-corrected chi connectivity index (χ2v) is 4.17. The van der Waals surface area contributed by atoms with E-state index in [-0.39, 0.29) is 5.69 Å². The Morgan fingerprint density at radius 3 is 2.88 bits per heavy atom. The van der Waals surface area contributed by atoms with Gasteiger partial charge in [-0.15, -0.1) is 0 Å². The molecule has 0 spiro atoms. The van der Waals surface area contributed by atoms with E-state index in [0.717, 1.165) is 13.0 Å². The van der Waals surface area contributed by atoms with E-state index >= 15 is 0 Å². The number of pyridine rings is 1. The second kappa shape index (κ2) is 5.76. The summed E-state index contributed by atoms with van der Waals surface area (Å²) in [5.41, 5.74) is 5.38. The molecule has 1 heterocycles. The summed E-state index contributed by atoms with van der Waals surface area (Å²) >= 11 is 3.27. The Morgan fingerprint density at radius 1 is 1.69 bits per heavy atom. The van der Waals surface area contributed by atoms with Crippen LogP contribution in [0.3, 0.4) is 0 Å². The van der Waals surface area contributed by atoms with Gasteiger partial charge in [0.2, 0.25) is 0 Å². The molecular formula is C9H13BrN4O2. The molecule has 1 aromatic rings. The van der Waals surface area contributed by atoms with Crippen molar-refractivity contribution >= 4 is 27.4 Å². The lowest BCUT2D eigenvalue weighted by Crippen LogP contribution is -2.22. The summed E-state index contributed by atoms with van der Waals surface area (Å²) in [4.78, 5) is 16.0. The number of hydrogen-bond donors (Lipinski definition) is 1. The number of aromatic nitrogens is 1. The standard InChI is InChI=1S/C9H13BrN4O2/c1-13(4-2-3-11)9-8(10)5-7(6-12-9)14(15)16/h5-6H,2-4,11H2,1H3. The fraction of sp³-hybridized carbons (Fsp3) is 0.444. The molecule has 1 rings (SSSR count). The minimum Gasteiger partial charge on any atom is -0.359 e. The molecule has 0 saturated carbocycles. The van der Waals surface area contributed by atoms with Crippen molar-refractivity contribution in [1.82, 2.24) is 4.98 Å². The zero-order valence-corrected chi connectivity index (χ0v) is 10.5. The molecule has 0 aliphatic rings. The highest BCUT2D eigenvalue weighted by Crippen LogP contribution is 2.26. The predicted octanol–water partition coefficient (Wildman–Crippen LogP) is 1.54. The number of nitro groups is 1. The van der Waals surface area contributed by atoms with Crippen LogP contribution in [-0.2, 0) is 0 Å². The summed E-state index contributed by atoms with van der Waals surface area (Å²) in [6.07, 6.45) is 2.10. The fourth-order valence-electron chi connectivity index (χ4n) is 1.24. The lowest BCUT2D eigenvalue weighted by molar-refractivity contribution is -0.385. The van der Waals surface area contributed by atoms with Gasteiger partial charge in [-0.3, -0.25) is 10.1 Å². The van der Waals surface area contributed by atoms with Crippen molar-refractivity contribution in [1.29, 1.82) is 0 Å². The molecule has 88 valence electrons. The molecule has 0 aromatic carbocycles. The first kappa shape index (κ1) is 12.9. The van der Waals surface area contributed by atoms with Crippen molar-refractivity contribution in [2.75, 3.05) is 25.0 Å². The van der Waals surface area contributed by atoms with Crippen LogP contribution in [0.15, 0.2) is 16.7 Å². The summed E-state index contributed by atoms with van der Waals surface area (Å²) in [5, 5.41) is 10.5. The van der Waals surface area contributed by atoms with Gasteiger partial charge in [0.15, 0.2) is 0 Å². The molecular weight excluding hydrogens is 276 g/mol. The molecule has 0 atom stereocenters. The van der Waals surface area contributed by atoms with E-state index < -0.39 is 4.92 Å². The second-order valence-electron chi connectivity index (χ2n) is 3.32. The molecule has 0 bridgehead atoms. The van der Waals surface area contributed by atoms with E-state index in [9.17, 15) is 10.1 Å². The normalized spacial score (nSPS) is 10.2. The SMILES string of the molecule is CN(CCCN)c1ncc([N+](=O)[O-])cc1Br. The molecule has 0 unspecified atom stereocenters. The molecule has 2 N–H and O–H groups in total. The molecule has 1 aromatic heterocycles. The van der Waals surface area contributed by atoms with Gasteiger partial charge in [-0.1, -0.05) is 0 Å². The van der Waals surface area contributed by atoms with Crippen LogP contribution in [0.25, 0.3) is 0 Å². The Hall–Kier alpha value is -1.21. The van der Waals surface area contributed by atoms with Crippen molar-refractivity contribution in [3.63, 3.8) is 0 Å². The van der Waals surface area contributed by atoms with Gasteiger partial charge in [-0.25, -0.2) is 4.98 Å². The number of nitrogens with zero attached hydrogens (tertiary/aromatic N) is 3. The van der Waals surface area contributed by atoms with E-state index in [0.29, 0.717) is 16.8 Å². The summed E-state index contributed by atoms with van der Waals surface area (Å²) in [6, 6.07) is 1.45. The molecule has 0 amide bonds. The van der Waals surface area contributed by atoms with E-state index in [4.69, 9.17) is 5.73 Å². The average Bonchev–Trinajstić information content (AvgIpc) is 2.25. The van der Waals surface area contributed by atoms with Crippen LogP contribution < -0.4 is 10.6 Å². The zero-order chi connectivity index (χ0) is 12.1. The van der Waals surface area contributed by atoms with Crippen molar-refractivity contribution < 1.29 is 4.92 Å². The van der Waals surface area contributed by atoms with Gasteiger partial charge in [0.05, 0.1) is 9.40 Å². The number of nitrogens with two attached hydrogens (primary N) is 1. The topological polar surface area (TPSA) is 85.3 Å². The summed E-state index contributed by atoms with van der Waals surface area (Å²) in [5.74, 6) is 0.680. The van der Waals surface area contributed by atoms with Crippen LogP contribution in [0.5, 0.6) is 0 Å². The van der Waals surface area contributed by atoms with Crippen LogP contribution in [0.4, 0.5) is 11.5 Å². The number of hydrogen-bond acceptors (Lipinski definition) is 5.